The number of carbonyl (C=O) groups excluding carboxylic acids is 3. The SMILES string of the molecule is COC(=O)c1cc(NC(=S)N2CCN(C(=O)[C@@H]3CCCO3)CC2)cc(C(=O)OC)c1. The van der Waals surface area contributed by atoms with Gasteiger partial charge in [-0.3, -0.25) is 4.79 Å². The Morgan fingerprint density at radius 1 is 1.00 bits per heavy atom. The van der Waals surface area contributed by atoms with Gasteiger partial charge in [-0.05, 0) is 43.3 Å². The molecule has 3 rings (SSSR count). The zero-order valence-corrected chi connectivity index (χ0v) is 17.8. The van der Waals surface area contributed by atoms with E-state index >= 15 is 0 Å². The number of hydrogen-bond donors (Lipinski definition) is 1. The molecule has 0 radical (unpaired) electrons. The van der Waals surface area contributed by atoms with Gasteiger partial charge in [0.2, 0.25) is 0 Å². The third-order valence-corrected chi connectivity index (χ3v) is 5.47. The molecule has 0 unspecified atom stereocenters. The highest BCUT2D eigenvalue weighted by Crippen LogP contribution is 2.19. The van der Waals surface area contributed by atoms with E-state index in [4.69, 9.17) is 26.4 Å². The molecule has 10 heteroatoms. The lowest BCUT2D eigenvalue weighted by atomic mass is 10.1. The molecule has 9 nitrogen and oxygen atoms in total. The predicted molar refractivity (Wildman–Crippen MR) is 112 cm³/mol. The molecule has 162 valence electrons. The van der Waals surface area contributed by atoms with Crippen LogP contribution in [0.4, 0.5) is 5.69 Å². The Hall–Kier alpha value is -2.72. The number of hydrogen-bond acceptors (Lipinski definition) is 7. The van der Waals surface area contributed by atoms with E-state index in [1.54, 1.807) is 12.1 Å². The number of amides is 1. The average Bonchev–Trinajstić information content (AvgIpc) is 3.32. The van der Waals surface area contributed by atoms with E-state index in [1.807, 2.05) is 9.80 Å². The molecule has 2 aliphatic rings. The Balaban J connectivity index is 1.63. The topological polar surface area (TPSA) is 97.4 Å². The van der Waals surface area contributed by atoms with Crippen LogP contribution in [0, 0.1) is 0 Å². The van der Waals surface area contributed by atoms with Crippen molar-refractivity contribution in [2.45, 2.75) is 18.9 Å². The fraction of sp³-hybridized carbons (Fsp3) is 0.500. The Morgan fingerprint density at radius 3 is 2.07 bits per heavy atom. The molecule has 30 heavy (non-hydrogen) atoms. The number of thiocarbonyl (C=S) groups is 1. The molecule has 2 saturated heterocycles. The van der Waals surface area contributed by atoms with Crippen LogP contribution in [0.3, 0.4) is 0 Å². The van der Waals surface area contributed by atoms with Crippen molar-refractivity contribution in [3.8, 4) is 0 Å². The highest BCUT2D eigenvalue weighted by molar-refractivity contribution is 7.80. The number of methoxy groups -OCH3 is 2. The maximum atomic E-state index is 12.5. The summed E-state index contributed by atoms with van der Waals surface area (Å²) in [6.07, 6.45) is 1.38. The molecule has 2 fully saturated rings. The van der Waals surface area contributed by atoms with Gasteiger partial charge in [-0.2, -0.15) is 0 Å². The maximum Gasteiger partial charge on any atom is 0.337 e. The average molecular weight is 436 g/mol. The standard InChI is InChI=1S/C20H25N3O6S/c1-27-18(25)13-10-14(19(26)28-2)12-15(11-13)21-20(30)23-7-5-22(6-8-23)17(24)16-4-3-9-29-16/h10-12,16H,3-9H2,1-2H3,(H,21,30)/t16-/m0/s1. The summed E-state index contributed by atoms with van der Waals surface area (Å²) in [4.78, 5) is 40.1. The first-order valence-electron chi connectivity index (χ1n) is 9.71. The van der Waals surface area contributed by atoms with E-state index < -0.39 is 11.9 Å². The van der Waals surface area contributed by atoms with Crippen LogP contribution >= 0.6 is 12.2 Å². The van der Waals surface area contributed by atoms with Gasteiger partial charge in [0.05, 0.1) is 25.3 Å². The Kier molecular flexibility index (Phi) is 7.22. The second-order valence-electron chi connectivity index (χ2n) is 7.03. The molecule has 1 N–H and O–H groups in total. The van der Waals surface area contributed by atoms with Gasteiger partial charge >= 0.3 is 11.9 Å². The number of carbonyl (C=O) groups is 3. The van der Waals surface area contributed by atoms with E-state index in [9.17, 15) is 14.4 Å². The van der Waals surface area contributed by atoms with Crippen LogP contribution < -0.4 is 5.32 Å². The van der Waals surface area contributed by atoms with Gasteiger partial charge in [-0.1, -0.05) is 0 Å². The van der Waals surface area contributed by atoms with Gasteiger partial charge in [-0.25, -0.2) is 9.59 Å². The van der Waals surface area contributed by atoms with Gasteiger partial charge in [-0.15, -0.1) is 0 Å². The summed E-state index contributed by atoms with van der Waals surface area (Å²) >= 11 is 5.50. The zero-order chi connectivity index (χ0) is 21.7. The molecule has 0 aliphatic carbocycles. The minimum absolute atomic E-state index is 0.0412. The van der Waals surface area contributed by atoms with Crippen molar-refractivity contribution in [3.05, 3.63) is 29.3 Å². The monoisotopic (exact) mass is 435 g/mol. The van der Waals surface area contributed by atoms with E-state index in [0.717, 1.165) is 12.8 Å². The van der Waals surface area contributed by atoms with Crippen molar-refractivity contribution >= 4 is 40.9 Å². The number of benzene rings is 1. The lowest BCUT2D eigenvalue weighted by molar-refractivity contribution is -0.142. The molecular weight excluding hydrogens is 410 g/mol. The molecule has 1 aromatic carbocycles. The Morgan fingerprint density at radius 2 is 1.57 bits per heavy atom. The molecule has 1 amide bonds. The van der Waals surface area contributed by atoms with Gasteiger partial charge in [0, 0.05) is 38.5 Å². The number of piperazine rings is 1. The molecular formula is C20H25N3O6S. The third kappa shape index (κ3) is 5.06. The molecule has 2 aliphatic heterocycles. The van der Waals surface area contributed by atoms with Crippen LogP contribution in [0.1, 0.15) is 33.6 Å². The van der Waals surface area contributed by atoms with Crippen molar-refractivity contribution in [2.75, 3.05) is 52.3 Å². The normalized spacial score (nSPS) is 18.7. The fourth-order valence-electron chi connectivity index (χ4n) is 3.48. The number of rotatable bonds is 4. The first-order valence-corrected chi connectivity index (χ1v) is 10.1. The number of nitrogens with zero attached hydrogens (tertiary/aromatic N) is 2. The molecule has 0 aromatic heterocycles. The minimum Gasteiger partial charge on any atom is -0.465 e. The highest BCUT2D eigenvalue weighted by Gasteiger charge is 2.30. The Bertz CT molecular complexity index is 798. The van der Waals surface area contributed by atoms with Crippen molar-refractivity contribution in [1.29, 1.82) is 0 Å². The summed E-state index contributed by atoms with van der Waals surface area (Å²) in [6, 6.07) is 4.52. The van der Waals surface area contributed by atoms with E-state index in [1.165, 1.54) is 20.3 Å². The summed E-state index contributed by atoms with van der Waals surface area (Å²) < 4.78 is 15.0. The highest BCUT2D eigenvalue weighted by atomic mass is 32.1. The van der Waals surface area contributed by atoms with Crippen molar-refractivity contribution in [1.82, 2.24) is 9.80 Å². The van der Waals surface area contributed by atoms with Crippen molar-refractivity contribution in [3.63, 3.8) is 0 Å². The van der Waals surface area contributed by atoms with Gasteiger partial charge in [0.1, 0.15) is 6.10 Å². The van der Waals surface area contributed by atoms with Crippen LogP contribution in [-0.4, -0.2) is 85.9 Å². The number of esters is 2. The van der Waals surface area contributed by atoms with Crippen molar-refractivity contribution < 1.29 is 28.6 Å². The summed E-state index contributed by atoms with van der Waals surface area (Å²) in [7, 11) is 2.53. The summed E-state index contributed by atoms with van der Waals surface area (Å²) in [5, 5.41) is 3.50. The molecule has 0 spiro atoms. The molecule has 1 aromatic rings. The van der Waals surface area contributed by atoms with E-state index in [-0.39, 0.29) is 23.1 Å². The second kappa shape index (κ2) is 9.86. The number of nitrogens with one attached hydrogen (secondary N) is 1. The van der Waals surface area contributed by atoms with E-state index in [2.05, 4.69) is 5.32 Å². The number of ether oxygens (including phenoxy) is 3. The first-order chi connectivity index (χ1) is 14.4. The lowest BCUT2D eigenvalue weighted by Crippen LogP contribution is -2.53. The summed E-state index contributed by atoms with van der Waals surface area (Å²) in [5.74, 6) is -1.11. The van der Waals surface area contributed by atoms with Crippen LogP contribution in [0.2, 0.25) is 0 Å². The van der Waals surface area contributed by atoms with Crippen LogP contribution in [0.5, 0.6) is 0 Å². The zero-order valence-electron chi connectivity index (χ0n) is 17.0. The Labute approximate surface area is 180 Å². The summed E-state index contributed by atoms with van der Waals surface area (Å²) in [5.41, 5.74) is 0.886. The smallest absolute Gasteiger partial charge is 0.337 e. The molecule has 0 saturated carbocycles. The lowest BCUT2D eigenvalue weighted by Gasteiger charge is -2.37. The fourth-order valence-corrected chi connectivity index (χ4v) is 3.78. The molecule has 1 atom stereocenters. The summed E-state index contributed by atoms with van der Waals surface area (Å²) in [6.45, 7) is 2.89. The van der Waals surface area contributed by atoms with Gasteiger partial charge in [0.25, 0.3) is 5.91 Å². The van der Waals surface area contributed by atoms with E-state index in [0.29, 0.717) is 43.6 Å². The van der Waals surface area contributed by atoms with Crippen LogP contribution in [-0.2, 0) is 19.0 Å². The molecule has 0 bridgehead atoms. The quantitative estimate of drug-likeness (QED) is 0.554. The van der Waals surface area contributed by atoms with Gasteiger partial charge < -0.3 is 29.3 Å². The third-order valence-electron chi connectivity index (χ3n) is 5.11. The first kappa shape index (κ1) is 22.0. The van der Waals surface area contributed by atoms with Crippen LogP contribution in [0.15, 0.2) is 18.2 Å². The molecule has 2 heterocycles. The minimum atomic E-state index is -0.573. The predicted octanol–water partition coefficient (Wildman–Crippen LogP) is 1.28. The van der Waals surface area contributed by atoms with Crippen molar-refractivity contribution in [2.24, 2.45) is 0 Å². The van der Waals surface area contributed by atoms with Gasteiger partial charge in [0.15, 0.2) is 5.11 Å². The number of anilines is 1. The second-order valence-corrected chi connectivity index (χ2v) is 7.41. The van der Waals surface area contributed by atoms with Crippen LogP contribution in [0.25, 0.3) is 0 Å². The maximum absolute atomic E-state index is 12.5. The largest absolute Gasteiger partial charge is 0.465 e.